The van der Waals surface area contributed by atoms with Gasteiger partial charge in [0.05, 0.1) is 15.9 Å². The topological polar surface area (TPSA) is 92.6 Å². The minimum atomic E-state index is -0.591. The Morgan fingerprint density at radius 1 is 1.42 bits per heavy atom. The average Bonchev–Trinajstić information content (AvgIpc) is 2.35. The maximum Gasteiger partial charge on any atom is 0.284 e. The van der Waals surface area contributed by atoms with Crippen LogP contribution in [0.2, 0.25) is 0 Å². The molecule has 0 aromatic heterocycles. The number of hydrogen-bond donors (Lipinski definition) is 1. The number of nitro groups is 1. The fourth-order valence-electron chi connectivity index (χ4n) is 1.21. The lowest BCUT2D eigenvalue weighted by molar-refractivity contribution is -0.385. The predicted octanol–water partition coefficient (Wildman–Crippen LogP) is 1.18. The average molecular weight is 330 g/mol. The first-order valence-corrected chi connectivity index (χ1v) is 6.04. The van der Waals surface area contributed by atoms with Gasteiger partial charge in [0, 0.05) is 25.7 Å². The van der Waals surface area contributed by atoms with E-state index in [9.17, 15) is 19.7 Å². The highest BCUT2D eigenvalue weighted by molar-refractivity contribution is 9.10. The van der Waals surface area contributed by atoms with E-state index in [0.717, 1.165) is 6.07 Å². The van der Waals surface area contributed by atoms with E-state index in [1.807, 2.05) is 0 Å². The quantitative estimate of drug-likeness (QED) is 0.663. The molecular weight excluding hydrogens is 318 g/mol. The molecule has 0 aliphatic rings. The number of rotatable bonds is 4. The molecule has 7 nitrogen and oxygen atoms in total. The molecule has 102 valence electrons. The molecule has 1 N–H and O–H groups in total. The Kier molecular flexibility index (Phi) is 4.99. The molecule has 1 rings (SSSR count). The number of nitro benzene ring substituents is 1. The molecule has 2 amide bonds. The van der Waals surface area contributed by atoms with E-state index in [2.05, 4.69) is 21.2 Å². The van der Waals surface area contributed by atoms with E-state index in [1.165, 1.54) is 17.0 Å². The number of nitrogens with zero attached hydrogens (tertiary/aromatic N) is 2. The summed E-state index contributed by atoms with van der Waals surface area (Å²) in [5, 5.41) is 13.1. The summed E-state index contributed by atoms with van der Waals surface area (Å²) in [5.41, 5.74) is -0.0759. The number of amides is 2. The lowest BCUT2D eigenvalue weighted by atomic mass is 10.2. The molecule has 0 aliphatic carbocycles. The van der Waals surface area contributed by atoms with Crippen molar-refractivity contribution >= 4 is 33.4 Å². The van der Waals surface area contributed by atoms with Crippen molar-refractivity contribution in [2.75, 3.05) is 20.6 Å². The monoisotopic (exact) mass is 329 g/mol. The minimum absolute atomic E-state index is 0.126. The maximum atomic E-state index is 11.7. The Labute approximate surface area is 117 Å². The van der Waals surface area contributed by atoms with Crippen LogP contribution in [-0.2, 0) is 4.79 Å². The van der Waals surface area contributed by atoms with Crippen LogP contribution >= 0.6 is 15.9 Å². The van der Waals surface area contributed by atoms with Gasteiger partial charge in [-0.3, -0.25) is 19.7 Å². The Morgan fingerprint density at radius 3 is 2.58 bits per heavy atom. The second kappa shape index (κ2) is 6.28. The summed E-state index contributed by atoms with van der Waals surface area (Å²) in [4.78, 5) is 34.5. The summed E-state index contributed by atoms with van der Waals surface area (Å²) in [7, 11) is 3.14. The van der Waals surface area contributed by atoms with E-state index in [0.29, 0.717) is 4.47 Å². The van der Waals surface area contributed by atoms with Crippen LogP contribution in [0.15, 0.2) is 22.7 Å². The fraction of sp³-hybridized carbons (Fsp3) is 0.273. The molecule has 0 spiro atoms. The van der Waals surface area contributed by atoms with Gasteiger partial charge in [0.2, 0.25) is 5.91 Å². The zero-order valence-electron chi connectivity index (χ0n) is 10.3. The lowest BCUT2D eigenvalue weighted by Gasteiger charge is -2.10. The zero-order valence-corrected chi connectivity index (χ0v) is 11.9. The van der Waals surface area contributed by atoms with Crippen LogP contribution in [0.25, 0.3) is 0 Å². The summed E-state index contributed by atoms with van der Waals surface area (Å²) in [6.07, 6.45) is 0. The first kappa shape index (κ1) is 15.1. The van der Waals surface area contributed by atoms with Gasteiger partial charge in [-0.05, 0) is 28.1 Å². The molecule has 0 unspecified atom stereocenters. The van der Waals surface area contributed by atoms with Gasteiger partial charge in [-0.25, -0.2) is 0 Å². The van der Waals surface area contributed by atoms with Crippen LogP contribution in [0.4, 0.5) is 5.69 Å². The van der Waals surface area contributed by atoms with Gasteiger partial charge in [-0.2, -0.15) is 0 Å². The van der Waals surface area contributed by atoms with Crippen molar-refractivity contribution in [2.24, 2.45) is 0 Å². The van der Waals surface area contributed by atoms with Gasteiger partial charge >= 0.3 is 0 Å². The van der Waals surface area contributed by atoms with Gasteiger partial charge in [0.25, 0.3) is 11.6 Å². The van der Waals surface area contributed by atoms with Crippen molar-refractivity contribution in [2.45, 2.75) is 0 Å². The van der Waals surface area contributed by atoms with E-state index in [1.54, 1.807) is 14.1 Å². The Morgan fingerprint density at radius 2 is 2.05 bits per heavy atom. The van der Waals surface area contributed by atoms with E-state index in [-0.39, 0.29) is 23.7 Å². The first-order valence-electron chi connectivity index (χ1n) is 5.25. The molecule has 0 fully saturated rings. The number of carbonyl (C=O) groups excluding carboxylic acids is 2. The van der Waals surface area contributed by atoms with Crippen molar-refractivity contribution < 1.29 is 14.5 Å². The summed E-state index contributed by atoms with van der Waals surface area (Å²) in [6.45, 7) is -0.157. The molecule has 0 saturated carbocycles. The normalized spacial score (nSPS) is 9.84. The van der Waals surface area contributed by atoms with Gasteiger partial charge in [0.15, 0.2) is 0 Å². The van der Waals surface area contributed by atoms with E-state index in [4.69, 9.17) is 0 Å². The lowest BCUT2D eigenvalue weighted by Crippen LogP contribution is -2.36. The van der Waals surface area contributed by atoms with Crippen molar-refractivity contribution in [1.82, 2.24) is 10.2 Å². The van der Waals surface area contributed by atoms with Crippen LogP contribution < -0.4 is 5.32 Å². The Hall–Kier alpha value is -1.96. The van der Waals surface area contributed by atoms with Crippen LogP contribution in [0.5, 0.6) is 0 Å². The second-order valence-corrected chi connectivity index (χ2v) is 4.75. The van der Waals surface area contributed by atoms with Crippen molar-refractivity contribution in [1.29, 1.82) is 0 Å². The molecular formula is C11H12BrN3O4. The number of hydrogen-bond acceptors (Lipinski definition) is 4. The summed E-state index contributed by atoms with van der Waals surface area (Å²) < 4.78 is 0.290. The van der Waals surface area contributed by atoms with Gasteiger partial charge in [-0.15, -0.1) is 0 Å². The van der Waals surface area contributed by atoms with Crippen LogP contribution in [0.3, 0.4) is 0 Å². The van der Waals surface area contributed by atoms with E-state index < -0.39 is 10.8 Å². The third-order valence-corrected chi connectivity index (χ3v) is 2.97. The number of likely N-dealkylation sites (N-methyl/N-ethyl adjacent to an activating group) is 1. The molecule has 19 heavy (non-hydrogen) atoms. The van der Waals surface area contributed by atoms with Gasteiger partial charge in [0.1, 0.15) is 0 Å². The highest BCUT2D eigenvalue weighted by Gasteiger charge is 2.16. The molecule has 0 heterocycles. The number of benzene rings is 1. The fourth-order valence-corrected chi connectivity index (χ4v) is 1.60. The number of nitrogens with one attached hydrogen (secondary N) is 1. The van der Waals surface area contributed by atoms with Gasteiger partial charge in [-0.1, -0.05) is 0 Å². The third-order valence-electron chi connectivity index (χ3n) is 2.30. The largest absolute Gasteiger partial charge is 0.347 e. The van der Waals surface area contributed by atoms with Crippen molar-refractivity contribution in [3.63, 3.8) is 0 Å². The third kappa shape index (κ3) is 4.02. The highest BCUT2D eigenvalue weighted by atomic mass is 79.9. The molecule has 0 bridgehead atoms. The second-order valence-electron chi connectivity index (χ2n) is 3.89. The van der Waals surface area contributed by atoms with Crippen LogP contribution in [0, 0.1) is 10.1 Å². The Balaban J connectivity index is 2.81. The number of carbonyl (C=O) groups is 2. The summed E-state index contributed by atoms with van der Waals surface area (Å²) in [6, 6.07) is 4.01. The number of halogens is 1. The molecule has 1 aromatic carbocycles. The SMILES string of the molecule is CN(C)C(=O)CNC(=O)c1ccc(Br)c([N+](=O)[O-])c1. The standard InChI is InChI=1S/C11H12BrN3O4/c1-14(2)10(16)6-13-11(17)7-3-4-8(12)9(5-7)15(18)19/h3-5H,6H2,1-2H3,(H,13,17). The molecule has 0 radical (unpaired) electrons. The van der Waals surface area contributed by atoms with E-state index >= 15 is 0 Å². The summed E-state index contributed by atoms with van der Waals surface area (Å²) in [5.74, 6) is -0.800. The van der Waals surface area contributed by atoms with Crippen LogP contribution in [0.1, 0.15) is 10.4 Å². The molecule has 8 heteroatoms. The molecule has 0 aliphatic heterocycles. The van der Waals surface area contributed by atoms with Gasteiger partial charge < -0.3 is 10.2 Å². The minimum Gasteiger partial charge on any atom is -0.347 e. The first-order chi connectivity index (χ1) is 8.82. The molecule has 0 atom stereocenters. The van der Waals surface area contributed by atoms with Crippen molar-refractivity contribution in [3.8, 4) is 0 Å². The zero-order chi connectivity index (χ0) is 14.6. The Bertz CT molecular complexity index is 531. The smallest absolute Gasteiger partial charge is 0.284 e. The summed E-state index contributed by atoms with van der Waals surface area (Å²) >= 11 is 3.03. The highest BCUT2D eigenvalue weighted by Crippen LogP contribution is 2.25. The van der Waals surface area contributed by atoms with Crippen LogP contribution in [-0.4, -0.2) is 42.3 Å². The molecule has 1 aromatic rings. The predicted molar refractivity (Wildman–Crippen MR) is 71.8 cm³/mol. The van der Waals surface area contributed by atoms with Crippen molar-refractivity contribution in [3.05, 3.63) is 38.3 Å². The molecule has 0 saturated heterocycles. The maximum absolute atomic E-state index is 11.7.